The van der Waals surface area contributed by atoms with E-state index in [-0.39, 0.29) is 11.3 Å². The lowest BCUT2D eigenvalue weighted by atomic mass is 9.93. The largest absolute Gasteiger partial charge is 0.507 e. The van der Waals surface area contributed by atoms with E-state index in [9.17, 15) is 14.7 Å². The van der Waals surface area contributed by atoms with E-state index in [0.717, 1.165) is 12.0 Å². The van der Waals surface area contributed by atoms with Gasteiger partial charge in [-0.25, -0.2) is 0 Å². The summed E-state index contributed by atoms with van der Waals surface area (Å²) in [7, 11) is 3.82. The summed E-state index contributed by atoms with van der Waals surface area (Å²) < 4.78 is 11.7. The number of hydrogen-bond acceptors (Lipinski definition) is 6. The maximum absolute atomic E-state index is 13.4. The van der Waals surface area contributed by atoms with Crippen LogP contribution in [0.15, 0.2) is 78.4 Å². The molecule has 38 heavy (non-hydrogen) atoms. The Kier molecular flexibility index (Phi) is 8.48. The Balaban J connectivity index is 1.78. The summed E-state index contributed by atoms with van der Waals surface area (Å²) in [6.07, 6.45) is 0.879. The molecule has 3 aromatic carbocycles. The van der Waals surface area contributed by atoms with Crippen molar-refractivity contribution in [3.8, 4) is 17.2 Å². The third-order valence-corrected chi connectivity index (χ3v) is 6.41. The minimum absolute atomic E-state index is 0.0657. The number of ketones is 1. The third-order valence-electron chi connectivity index (χ3n) is 6.41. The number of Topliss-reactive ketones (excluding diaryl/α,β-unsaturated/α-hetero) is 1. The van der Waals surface area contributed by atoms with Crippen LogP contribution in [0.3, 0.4) is 0 Å². The number of amides is 1. The molecular formula is C31H34N2O5. The lowest BCUT2D eigenvalue weighted by molar-refractivity contribution is -0.140. The second-order valence-electron chi connectivity index (χ2n) is 9.61. The van der Waals surface area contributed by atoms with Gasteiger partial charge in [0.25, 0.3) is 11.7 Å². The Morgan fingerprint density at radius 2 is 1.68 bits per heavy atom. The van der Waals surface area contributed by atoms with Crippen molar-refractivity contribution in [2.45, 2.75) is 26.3 Å². The minimum atomic E-state index is -0.760. The standard InChI is InChI=1S/C31H34N2O5/c1-5-18-37-24-14-15-26(21(2)19-24)29(34)27-28(33(17-16-32(3)4)31(36)30(27)35)22-10-9-13-25(20-22)38-23-11-7-6-8-12-23/h6-15,19-20,28,34H,5,16-18H2,1-4H3/t28-/m1/s1. The molecular weight excluding hydrogens is 480 g/mol. The van der Waals surface area contributed by atoms with Crippen molar-refractivity contribution < 1.29 is 24.2 Å². The molecule has 0 bridgehead atoms. The van der Waals surface area contributed by atoms with E-state index in [0.29, 0.717) is 48.1 Å². The molecule has 3 aromatic rings. The SMILES string of the molecule is CCCOc1ccc(C(O)=C2C(=O)C(=O)N(CCN(C)C)[C@@H]2c2cccc(Oc3ccccc3)c2)c(C)c1. The molecule has 1 N–H and O–H groups in total. The van der Waals surface area contributed by atoms with Crippen molar-refractivity contribution in [3.05, 3.63) is 95.1 Å². The molecule has 0 saturated carbocycles. The Morgan fingerprint density at radius 1 is 0.947 bits per heavy atom. The summed E-state index contributed by atoms with van der Waals surface area (Å²) >= 11 is 0. The van der Waals surface area contributed by atoms with Gasteiger partial charge in [-0.2, -0.15) is 0 Å². The normalized spacial score (nSPS) is 16.8. The number of para-hydroxylation sites is 1. The zero-order valence-corrected chi connectivity index (χ0v) is 22.3. The molecule has 7 heteroatoms. The fraction of sp³-hybridized carbons (Fsp3) is 0.290. The second kappa shape index (κ2) is 12.0. The molecule has 1 amide bonds. The van der Waals surface area contributed by atoms with Gasteiger partial charge in [-0.3, -0.25) is 9.59 Å². The van der Waals surface area contributed by atoms with Gasteiger partial charge in [0.15, 0.2) is 0 Å². The van der Waals surface area contributed by atoms with E-state index in [1.807, 2.05) is 93.5 Å². The molecule has 1 fully saturated rings. The molecule has 1 heterocycles. The van der Waals surface area contributed by atoms with E-state index in [4.69, 9.17) is 9.47 Å². The van der Waals surface area contributed by atoms with Gasteiger partial charge >= 0.3 is 0 Å². The fourth-order valence-corrected chi connectivity index (χ4v) is 4.49. The highest BCUT2D eigenvalue weighted by atomic mass is 16.5. The highest BCUT2D eigenvalue weighted by molar-refractivity contribution is 6.46. The number of carbonyl (C=O) groups excluding carboxylic acids is 2. The van der Waals surface area contributed by atoms with Crippen molar-refractivity contribution >= 4 is 17.4 Å². The first-order valence-corrected chi connectivity index (χ1v) is 12.8. The smallest absolute Gasteiger partial charge is 0.295 e. The predicted molar refractivity (Wildman–Crippen MR) is 147 cm³/mol. The molecule has 0 aliphatic carbocycles. The van der Waals surface area contributed by atoms with E-state index in [2.05, 4.69) is 0 Å². The molecule has 198 valence electrons. The van der Waals surface area contributed by atoms with Crippen molar-refractivity contribution in [2.24, 2.45) is 0 Å². The number of aliphatic hydroxyl groups excluding tert-OH is 1. The van der Waals surface area contributed by atoms with Crippen LogP contribution in [-0.2, 0) is 9.59 Å². The number of likely N-dealkylation sites (tertiary alicyclic amines) is 1. The van der Waals surface area contributed by atoms with Gasteiger partial charge in [0, 0.05) is 18.7 Å². The molecule has 7 nitrogen and oxygen atoms in total. The number of hydrogen-bond donors (Lipinski definition) is 1. The number of ether oxygens (including phenoxy) is 2. The number of nitrogens with zero attached hydrogens (tertiary/aromatic N) is 2. The van der Waals surface area contributed by atoms with Crippen LogP contribution in [0.1, 0.15) is 36.1 Å². The van der Waals surface area contributed by atoms with Crippen molar-refractivity contribution in [3.63, 3.8) is 0 Å². The van der Waals surface area contributed by atoms with Gasteiger partial charge in [0.1, 0.15) is 23.0 Å². The van der Waals surface area contributed by atoms with Crippen LogP contribution in [-0.4, -0.2) is 60.4 Å². The van der Waals surface area contributed by atoms with Crippen LogP contribution in [0.25, 0.3) is 5.76 Å². The number of aryl methyl sites for hydroxylation is 1. The zero-order chi connectivity index (χ0) is 27.2. The van der Waals surface area contributed by atoms with E-state index in [1.165, 1.54) is 4.90 Å². The summed E-state index contributed by atoms with van der Waals surface area (Å²) in [6, 6.07) is 21.3. The van der Waals surface area contributed by atoms with Crippen LogP contribution < -0.4 is 9.47 Å². The molecule has 0 aromatic heterocycles. The lowest BCUT2D eigenvalue weighted by Gasteiger charge is -2.27. The third kappa shape index (κ3) is 5.89. The molecule has 0 radical (unpaired) electrons. The van der Waals surface area contributed by atoms with Crippen LogP contribution in [0.4, 0.5) is 0 Å². The molecule has 1 saturated heterocycles. The minimum Gasteiger partial charge on any atom is -0.507 e. The Hall–Kier alpha value is -4.10. The zero-order valence-electron chi connectivity index (χ0n) is 22.3. The molecule has 4 rings (SSSR count). The fourth-order valence-electron chi connectivity index (χ4n) is 4.49. The number of likely N-dealkylation sites (N-methyl/N-ethyl adjacent to an activating group) is 1. The number of aliphatic hydroxyl groups is 1. The van der Waals surface area contributed by atoms with Crippen LogP contribution >= 0.6 is 0 Å². The van der Waals surface area contributed by atoms with Crippen LogP contribution in [0.5, 0.6) is 17.2 Å². The second-order valence-corrected chi connectivity index (χ2v) is 9.61. The van der Waals surface area contributed by atoms with Gasteiger partial charge in [-0.05, 0) is 81.0 Å². The number of carbonyl (C=O) groups is 2. The molecule has 1 atom stereocenters. The highest BCUT2D eigenvalue weighted by Crippen LogP contribution is 2.41. The van der Waals surface area contributed by atoms with Gasteiger partial charge < -0.3 is 24.4 Å². The average molecular weight is 515 g/mol. The lowest BCUT2D eigenvalue weighted by Crippen LogP contribution is -2.35. The molecule has 0 spiro atoms. The monoisotopic (exact) mass is 514 g/mol. The summed E-state index contributed by atoms with van der Waals surface area (Å²) in [6.45, 7) is 5.35. The summed E-state index contributed by atoms with van der Waals surface area (Å²) in [5.74, 6) is 0.400. The molecule has 1 aliphatic rings. The van der Waals surface area contributed by atoms with Crippen molar-refractivity contribution in [1.29, 1.82) is 0 Å². The summed E-state index contributed by atoms with van der Waals surface area (Å²) in [4.78, 5) is 30.1. The first kappa shape index (κ1) is 26.9. The van der Waals surface area contributed by atoms with Gasteiger partial charge in [0.2, 0.25) is 0 Å². The van der Waals surface area contributed by atoms with E-state index in [1.54, 1.807) is 12.1 Å². The van der Waals surface area contributed by atoms with E-state index >= 15 is 0 Å². The summed E-state index contributed by atoms with van der Waals surface area (Å²) in [5.41, 5.74) is 1.98. The van der Waals surface area contributed by atoms with Crippen molar-refractivity contribution in [2.75, 3.05) is 33.8 Å². The van der Waals surface area contributed by atoms with Crippen molar-refractivity contribution in [1.82, 2.24) is 9.80 Å². The first-order valence-electron chi connectivity index (χ1n) is 12.8. The molecule has 1 aliphatic heterocycles. The maximum Gasteiger partial charge on any atom is 0.295 e. The highest BCUT2D eigenvalue weighted by Gasteiger charge is 2.46. The topological polar surface area (TPSA) is 79.3 Å². The van der Waals surface area contributed by atoms with Gasteiger partial charge in [-0.15, -0.1) is 0 Å². The average Bonchev–Trinajstić information content (AvgIpc) is 3.16. The first-order chi connectivity index (χ1) is 18.3. The number of rotatable bonds is 10. The molecule has 0 unspecified atom stereocenters. The number of benzene rings is 3. The Morgan fingerprint density at radius 3 is 2.37 bits per heavy atom. The van der Waals surface area contributed by atoms with E-state index < -0.39 is 17.7 Å². The predicted octanol–water partition coefficient (Wildman–Crippen LogP) is 5.56. The Bertz CT molecular complexity index is 1330. The van der Waals surface area contributed by atoms with Crippen LogP contribution in [0.2, 0.25) is 0 Å². The Labute approximate surface area is 223 Å². The maximum atomic E-state index is 13.4. The summed E-state index contributed by atoms with van der Waals surface area (Å²) in [5, 5.41) is 11.5. The van der Waals surface area contributed by atoms with Gasteiger partial charge in [-0.1, -0.05) is 37.3 Å². The quantitative estimate of drug-likeness (QED) is 0.217. The van der Waals surface area contributed by atoms with Gasteiger partial charge in [0.05, 0.1) is 18.2 Å². The van der Waals surface area contributed by atoms with Crippen LogP contribution in [0, 0.1) is 6.92 Å².